The lowest BCUT2D eigenvalue weighted by Crippen LogP contribution is -2.25. The number of nitrogens with one attached hydrogen (secondary N) is 2. The Labute approximate surface area is 112 Å². The normalized spacial score (nSPS) is 11.5. The molecule has 5 heteroatoms. The van der Waals surface area contributed by atoms with Crippen LogP contribution >= 0.6 is 0 Å². The number of likely N-dealkylation sites (N-methyl/N-ethyl adjacent to an activating group) is 1. The van der Waals surface area contributed by atoms with Crippen LogP contribution in [0.25, 0.3) is 0 Å². The molecule has 0 unspecified atom stereocenters. The second-order valence-corrected chi connectivity index (χ2v) is 3.94. The number of carbonyl (C=O) groups is 1. The molecule has 0 aliphatic rings. The smallest absolute Gasteiger partial charge is 0.355 e. The lowest BCUT2D eigenvalue weighted by molar-refractivity contribution is -0.133. The first-order valence-electron chi connectivity index (χ1n) is 6.00. The van der Waals surface area contributed by atoms with Crippen LogP contribution in [0.1, 0.15) is 19.4 Å². The van der Waals surface area contributed by atoms with E-state index in [1.165, 1.54) is 6.92 Å². The summed E-state index contributed by atoms with van der Waals surface area (Å²) in [6.07, 6.45) is 0. The number of ether oxygens (including phenoxy) is 1. The summed E-state index contributed by atoms with van der Waals surface area (Å²) in [7, 11) is 0. The highest BCUT2D eigenvalue weighted by molar-refractivity contribution is 6.01. The second-order valence-electron chi connectivity index (χ2n) is 3.94. The minimum Gasteiger partial charge on any atom is -0.485 e. The fraction of sp³-hybridized carbons (Fsp3) is 0.286. The minimum atomic E-state index is -1.13. The molecule has 0 saturated heterocycles. The van der Waals surface area contributed by atoms with E-state index in [9.17, 15) is 4.79 Å². The van der Waals surface area contributed by atoms with Crippen LogP contribution in [0.15, 0.2) is 41.8 Å². The van der Waals surface area contributed by atoms with E-state index in [2.05, 4.69) is 5.32 Å². The van der Waals surface area contributed by atoms with Crippen molar-refractivity contribution in [2.45, 2.75) is 20.5 Å². The zero-order chi connectivity index (χ0) is 14.3. The molecule has 0 atom stereocenters. The maximum absolute atomic E-state index is 11.1. The Morgan fingerprint density at radius 1 is 1.37 bits per heavy atom. The van der Waals surface area contributed by atoms with Gasteiger partial charge in [-0.1, -0.05) is 30.3 Å². The van der Waals surface area contributed by atoms with Gasteiger partial charge in [-0.2, -0.15) is 0 Å². The van der Waals surface area contributed by atoms with Gasteiger partial charge in [0.05, 0.1) is 5.71 Å². The molecule has 0 radical (unpaired) electrons. The standard InChI is InChI=1S/C14H18N2O3/c1-3-16-12(14(17)18)13(10(2)15)19-9-11-7-5-4-6-8-11/h4-8,15-16H,3,9H2,1-2H3,(H,17,18)/b13-12+,15-10?. The molecular weight excluding hydrogens is 244 g/mol. The Hall–Kier alpha value is -2.30. The molecule has 0 amide bonds. The van der Waals surface area contributed by atoms with E-state index in [0.717, 1.165) is 5.56 Å². The summed E-state index contributed by atoms with van der Waals surface area (Å²) in [5.41, 5.74) is 0.919. The van der Waals surface area contributed by atoms with Gasteiger partial charge in [-0.15, -0.1) is 0 Å². The summed E-state index contributed by atoms with van der Waals surface area (Å²) in [5.74, 6) is -1.06. The maximum atomic E-state index is 11.1. The Kier molecular flexibility index (Phi) is 5.60. The number of carboxylic acids is 1. The fourth-order valence-corrected chi connectivity index (χ4v) is 1.53. The molecule has 0 aliphatic heterocycles. The highest BCUT2D eigenvalue weighted by atomic mass is 16.5. The quantitative estimate of drug-likeness (QED) is 0.399. The fourth-order valence-electron chi connectivity index (χ4n) is 1.53. The lowest BCUT2D eigenvalue weighted by Gasteiger charge is -2.14. The molecule has 0 bridgehead atoms. The van der Waals surface area contributed by atoms with Crippen LogP contribution < -0.4 is 5.32 Å². The number of rotatable bonds is 7. The van der Waals surface area contributed by atoms with E-state index >= 15 is 0 Å². The molecule has 1 aromatic carbocycles. The first kappa shape index (κ1) is 14.8. The average Bonchev–Trinajstić information content (AvgIpc) is 2.38. The van der Waals surface area contributed by atoms with Crippen LogP contribution in [0.5, 0.6) is 0 Å². The third-order valence-corrected chi connectivity index (χ3v) is 2.36. The van der Waals surface area contributed by atoms with E-state index in [1.807, 2.05) is 30.3 Å². The van der Waals surface area contributed by atoms with Gasteiger partial charge in [0.2, 0.25) is 0 Å². The molecule has 19 heavy (non-hydrogen) atoms. The second kappa shape index (κ2) is 7.20. The third kappa shape index (κ3) is 4.46. The Balaban J connectivity index is 2.91. The van der Waals surface area contributed by atoms with Gasteiger partial charge in [0.15, 0.2) is 11.5 Å². The molecule has 0 fully saturated rings. The van der Waals surface area contributed by atoms with Crippen molar-refractivity contribution in [3.63, 3.8) is 0 Å². The SMILES string of the molecule is CCN/C(C(=O)O)=C(/OCc1ccccc1)C(C)=N. The van der Waals surface area contributed by atoms with E-state index in [1.54, 1.807) is 6.92 Å². The van der Waals surface area contributed by atoms with Gasteiger partial charge in [-0.25, -0.2) is 4.79 Å². The summed E-state index contributed by atoms with van der Waals surface area (Å²) < 4.78 is 5.48. The van der Waals surface area contributed by atoms with Crippen molar-refractivity contribution in [2.24, 2.45) is 0 Å². The summed E-state index contributed by atoms with van der Waals surface area (Å²) >= 11 is 0. The molecular formula is C14H18N2O3. The van der Waals surface area contributed by atoms with Gasteiger partial charge >= 0.3 is 5.97 Å². The molecule has 1 aromatic rings. The van der Waals surface area contributed by atoms with Gasteiger partial charge in [-0.05, 0) is 19.4 Å². The highest BCUT2D eigenvalue weighted by Gasteiger charge is 2.17. The topological polar surface area (TPSA) is 82.4 Å². The molecule has 5 nitrogen and oxygen atoms in total. The monoisotopic (exact) mass is 262 g/mol. The largest absolute Gasteiger partial charge is 0.485 e. The summed E-state index contributed by atoms with van der Waals surface area (Å²) in [5, 5.41) is 19.5. The van der Waals surface area contributed by atoms with E-state index in [-0.39, 0.29) is 23.8 Å². The maximum Gasteiger partial charge on any atom is 0.355 e. The summed E-state index contributed by atoms with van der Waals surface area (Å²) in [4.78, 5) is 11.1. The minimum absolute atomic E-state index is 0.0678. The zero-order valence-corrected chi connectivity index (χ0v) is 11.1. The van der Waals surface area contributed by atoms with Gasteiger partial charge < -0.3 is 20.6 Å². The van der Waals surface area contributed by atoms with Gasteiger partial charge in [-0.3, -0.25) is 0 Å². The van der Waals surface area contributed by atoms with Gasteiger partial charge in [0.1, 0.15) is 6.61 Å². The number of allylic oxidation sites excluding steroid dienone is 1. The molecule has 102 valence electrons. The van der Waals surface area contributed by atoms with Crippen molar-refractivity contribution in [2.75, 3.05) is 6.54 Å². The first-order chi connectivity index (χ1) is 9.06. The van der Waals surface area contributed by atoms with Gasteiger partial charge in [0.25, 0.3) is 0 Å². The van der Waals surface area contributed by atoms with Crippen molar-refractivity contribution in [3.8, 4) is 0 Å². The van der Waals surface area contributed by atoms with Gasteiger partial charge in [0, 0.05) is 6.54 Å². The molecule has 1 rings (SSSR count). The number of benzene rings is 1. The Morgan fingerprint density at radius 3 is 2.47 bits per heavy atom. The Morgan fingerprint density at radius 2 is 2.00 bits per heavy atom. The molecule has 0 aliphatic carbocycles. The van der Waals surface area contributed by atoms with Crippen LogP contribution in [0.3, 0.4) is 0 Å². The zero-order valence-electron chi connectivity index (χ0n) is 11.1. The van der Waals surface area contributed by atoms with Crippen LogP contribution in [0, 0.1) is 5.41 Å². The third-order valence-electron chi connectivity index (χ3n) is 2.36. The van der Waals surface area contributed by atoms with Crippen molar-refractivity contribution >= 4 is 11.7 Å². The lowest BCUT2D eigenvalue weighted by atomic mass is 10.2. The van der Waals surface area contributed by atoms with Crippen molar-refractivity contribution in [1.29, 1.82) is 5.41 Å². The van der Waals surface area contributed by atoms with Crippen LogP contribution in [-0.4, -0.2) is 23.3 Å². The van der Waals surface area contributed by atoms with Crippen molar-refractivity contribution in [3.05, 3.63) is 47.4 Å². The van der Waals surface area contributed by atoms with E-state index in [4.69, 9.17) is 15.3 Å². The average molecular weight is 262 g/mol. The molecule has 0 aromatic heterocycles. The summed E-state index contributed by atoms with van der Waals surface area (Å²) in [6.45, 7) is 3.97. The number of aliphatic carboxylic acids is 1. The van der Waals surface area contributed by atoms with Crippen LogP contribution in [0.4, 0.5) is 0 Å². The predicted octanol–water partition coefficient (Wildman–Crippen LogP) is 2.15. The van der Waals surface area contributed by atoms with Crippen molar-refractivity contribution in [1.82, 2.24) is 5.32 Å². The first-order valence-corrected chi connectivity index (χ1v) is 6.00. The summed E-state index contributed by atoms with van der Waals surface area (Å²) in [6, 6.07) is 9.40. The Bertz CT molecular complexity index is 481. The highest BCUT2D eigenvalue weighted by Crippen LogP contribution is 2.10. The molecule has 3 N–H and O–H groups in total. The number of hydrogen-bond donors (Lipinski definition) is 3. The number of carboxylic acid groups (broad SMARTS) is 1. The molecule has 0 spiro atoms. The predicted molar refractivity (Wildman–Crippen MR) is 73.0 cm³/mol. The number of hydrogen-bond acceptors (Lipinski definition) is 4. The van der Waals surface area contributed by atoms with Crippen LogP contribution in [0.2, 0.25) is 0 Å². The van der Waals surface area contributed by atoms with E-state index in [0.29, 0.717) is 6.54 Å². The molecule has 0 heterocycles. The van der Waals surface area contributed by atoms with E-state index < -0.39 is 5.97 Å². The molecule has 0 saturated carbocycles. The van der Waals surface area contributed by atoms with Crippen molar-refractivity contribution < 1.29 is 14.6 Å². The van der Waals surface area contributed by atoms with Crippen LogP contribution in [-0.2, 0) is 16.1 Å².